The van der Waals surface area contributed by atoms with E-state index in [0.717, 1.165) is 0 Å². The van der Waals surface area contributed by atoms with Crippen LogP contribution >= 0.6 is 0 Å². The molecule has 0 atom stereocenters. The predicted molar refractivity (Wildman–Crippen MR) is 62.5 cm³/mol. The second kappa shape index (κ2) is 4.42. The Hall–Kier alpha value is -0.731. The minimum absolute atomic E-state index is 0.0224. The first-order valence-electron chi connectivity index (χ1n) is 4.93. The first kappa shape index (κ1) is 12.3. The number of rotatable bonds is 2. The number of carbonyl (C=O) groups excluding carboxylic acids is 1. The van der Waals surface area contributed by atoms with Crippen LogP contribution in [0.15, 0.2) is 6.07 Å². The van der Waals surface area contributed by atoms with Crippen LogP contribution in [0.4, 0.5) is 5.69 Å². The molecule has 0 fully saturated rings. The Kier molecular flexibility index (Phi) is 3.63. The zero-order valence-corrected chi connectivity index (χ0v) is 11.3. The summed E-state index contributed by atoms with van der Waals surface area (Å²) in [6.07, 6.45) is 0. The molecule has 0 aromatic carbocycles. The molecule has 0 radical (unpaired) electrons. The molecular weight excluding hydrogens is 257 g/mol. The Balaban J connectivity index is 3.02. The number of ether oxygens (including phenoxy) is 1. The molecule has 1 heterocycles. The summed E-state index contributed by atoms with van der Waals surface area (Å²) in [4.78, 5) is 11.6. The van der Waals surface area contributed by atoms with Crippen molar-refractivity contribution >= 4 is 26.2 Å². The summed E-state index contributed by atoms with van der Waals surface area (Å²) in [5.41, 5.74) is 6.48. The van der Waals surface area contributed by atoms with Crippen molar-refractivity contribution in [1.82, 2.24) is 0 Å². The summed E-state index contributed by atoms with van der Waals surface area (Å²) in [7, 11) is 0. The van der Waals surface area contributed by atoms with E-state index >= 15 is 0 Å². The summed E-state index contributed by atoms with van der Waals surface area (Å²) in [6.45, 7) is 8.58. The Morgan fingerprint density at radius 3 is 2.53 bits per heavy atom. The van der Waals surface area contributed by atoms with Crippen molar-refractivity contribution in [2.45, 2.75) is 33.1 Å². The Labute approximate surface area is 96.4 Å². The fourth-order valence-corrected chi connectivity index (χ4v) is 3.29. The van der Waals surface area contributed by atoms with Gasteiger partial charge in [-0.15, -0.1) is 0 Å². The van der Waals surface area contributed by atoms with Gasteiger partial charge in [0, 0.05) is 0 Å². The van der Waals surface area contributed by atoms with Crippen LogP contribution in [0.3, 0.4) is 0 Å². The molecule has 0 bridgehead atoms. The molecule has 15 heavy (non-hydrogen) atoms. The number of anilines is 1. The van der Waals surface area contributed by atoms with Crippen LogP contribution in [0.1, 0.15) is 41.4 Å². The van der Waals surface area contributed by atoms with E-state index in [-0.39, 0.29) is 25.9 Å². The van der Waals surface area contributed by atoms with Crippen LogP contribution in [0.25, 0.3) is 0 Å². The van der Waals surface area contributed by atoms with E-state index in [1.807, 2.05) is 6.07 Å². The maximum atomic E-state index is 11.6. The van der Waals surface area contributed by atoms with Gasteiger partial charge in [-0.25, -0.2) is 0 Å². The molecule has 0 aliphatic carbocycles. The second-order valence-corrected chi connectivity index (χ2v) is 6.57. The van der Waals surface area contributed by atoms with Gasteiger partial charge in [-0.3, -0.25) is 0 Å². The van der Waals surface area contributed by atoms with Gasteiger partial charge in [0.05, 0.1) is 0 Å². The van der Waals surface area contributed by atoms with Crippen molar-refractivity contribution in [2.24, 2.45) is 0 Å². The molecule has 84 valence electrons. The van der Waals surface area contributed by atoms with Gasteiger partial charge in [0.15, 0.2) is 0 Å². The third-order valence-electron chi connectivity index (χ3n) is 1.96. The van der Waals surface area contributed by atoms with E-state index in [4.69, 9.17) is 10.5 Å². The van der Waals surface area contributed by atoms with Gasteiger partial charge in [-0.2, -0.15) is 0 Å². The molecule has 1 aromatic heterocycles. The van der Waals surface area contributed by atoms with Crippen LogP contribution in [0.2, 0.25) is 0 Å². The third kappa shape index (κ3) is 2.86. The Bertz CT molecular complexity index is 363. The normalized spacial score (nSPS) is 11.5. The van der Waals surface area contributed by atoms with Gasteiger partial charge >= 0.3 is 96.1 Å². The standard InChI is InChI=1S/C11H17NO2Se/c1-5-14-10(13)9-7(12)6-8(15-9)11(2,3)4/h6H,5,12H2,1-4H3. The molecule has 3 nitrogen and oxygen atoms in total. The molecule has 0 saturated carbocycles. The van der Waals surface area contributed by atoms with Crippen LogP contribution in [0, 0.1) is 0 Å². The van der Waals surface area contributed by atoms with Crippen molar-refractivity contribution in [3.63, 3.8) is 0 Å². The maximum absolute atomic E-state index is 11.6. The topological polar surface area (TPSA) is 52.3 Å². The fraction of sp³-hybridized carbons (Fsp3) is 0.545. The van der Waals surface area contributed by atoms with Gasteiger partial charge in [-0.05, 0) is 0 Å². The first-order valence-corrected chi connectivity index (χ1v) is 6.64. The van der Waals surface area contributed by atoms with Crippen molar-refractivity contribution in [3.05, 3.63) is 14.9 Å². The van der Waals surface area contributed by atoms with Gasteiger partial charge in [0.1, 0.15) is 0 Å². The molecule has 1 aromatic rings. The van der Waals surface area contributed by atoms with E-state index in [0.29, 0.717) is 16.7 Å². The van der Waals surface area contributed by atoms with E-state index in [9.17, 15) is 4.79 Å². The van der Waals surface area contributed by atoms with E-state index < -0.39 is 0 Å². The summed E-state index contributed by atoms with van der Waals surface area (Å²) in [6, 6.07) is 1.92. The number of nitrogen functional groups attached to an aromatic ring is 1. The number of hydrogen-bond donors (Lipinski definition) is 1. The second-order valence-electron chi connectivity index (χ2n) is 4.37. The molecule has 2 N–H and O–H groups in total. The SMILES string of the molecule is CCOC(=O)c1[se]c(C(C)(C)C)cc1N. The predicted octanol–water partition coefficient (Wildman–Crippen LogP) is 1.80. The number of carbonyl (C=O) groups is 1. The number of hydrogen-bond acceptors (Lipinski definition) is 3. The number of nitrogens with two attached hydrogens (primary N) is 1. The average Bonchev–Trinajstić information content (AvgIpc) is 2.47. The molecular formula is C11H17NO2Se. The molecule has 0 unspecified atom stereocenters. The van der Waals surface area contributed by atoms with Gasteiger partial charge < -0.3 is 0 Å². The first-order chi connectivity index (χ1) is 6.86. The zero-order chi connectivity index (χ0) is 11.6. The molecule has 0 spiro atoms. The molecule has 0 amide bonds. The van der Waals surface area contributed by atoms with Crippen LogP contribution < -0.4 is 5.73 Å². The quantitative estimate of drug-likeness (QED) is 0.661. The minimum atomic E-state index is -0.259. The monoisotopic (exact) mass is 275 g/mol. The van der Waals surface area contributed by atoms with Gasteiger partial charge in [-0.1, -0.05) is 0 Å². The summed E-state index contributed by atoms with van der Waals surface area (Å²) >= 11 is 0.0224. The van der Waals surface area contributed by atoms with Crippen molar-refractivity contribution in [3.8, 4) is 0 Å². The third-order valence-corrected chi connectivity index (χ3v) is 5.23. The summed E-state index contributed by atoms with van der Waals surface area (Å²) in [5.74, 6) is -0.259. The zero-order valence-electron chi connectivity index (χ0n) is 9.59. The molecule has 0 saturated heterocycles. The Morgan fingerprint density at radius 1 is 1.53 bits per heavy atom. The van der Waals surface area contributed by atoms with Crippen LogP contribution in [0.5, 0.6) is 0 Å². The van der Waals surface area contributed by atoms with Crippen molar-refractivity contribution < 1.29 is 9.53 Å². The van der Waals surface area contributed by atoms with E-state index in [1.165, 1.54) is 4.44 Å². The Morgan fingerprint density at radius 2 is 2.13 bits per heavy atom. The van der Waals surface area contributed by atoms with Crippen LogP contribution in [-0.2, 0) is 10.2 Å². The van der Waals surface area contributed by atoms with E-state index in [1.54, 1.807) is 6.92 Å². The summed E-state index contributed by atoms with van der Waals surface area (Å²) < 4.78 is 6.87. The van der Waals surface area contributed by atoms with Gasteiger partial charge in [0.2, 0.25) is 0 Å². The van der Waals surface area contributed by atoms with Crippen LogP contribution in [-0.4, -0.2) is 27.1 Å². The fourth-order valence-electron chi connectivity index (χ4n) is 1.13. The molecule has 0 aliphatic rings. The average molecular weight is 274 g/mol. The van der Waals surface area contributed by atoms with Gasteiger partial charge in [0.25, 0.3) is 0 Å². The van der Waals surface area contributed by atoms with Crippen molar-refractivity contribution in [2.75, 3.05) is 12.3 Å². The molecule has 0 aliphatic heterocycles. The van der Waals surface area contributed by atoms with E-state index in [2.05, 4.69) is 20.8 Å². The van der Waals surface area contributed by atoms with Crippen molar-refractivity contribution in [1.29, 1.82) is 0 Å². The summed E-state index contributed by atoms with van der Waals surface area (Å²) in [5, 5.41) is 0. The molecule has 1 rings (SSSR count). The number of esters is 1. The molecule has 4 heteroatoms.